The van der Waals surface area contributed by atoms with Crippen molar-refractivity contribution in [3.8, 4) is 11.5 Å². The van der Waals surface area contributed by atoms with Crippen molar-refractivity contribution < 1.29 is 73.6 Å². The van der Waals surface area contributed by atoms with Gasteiger partial charge in [-0.15, -0.1) is 0 Å². The van der Waals surface area contributed by atoms with Crippen molar-refractivity contribution in [2.24, 2.45) is 0 Å². The number of pyridine rings is 1. The van der Waals surface area contributed by atoms with E-state index in [-0.39, 0.29) is 23.1 Å². The Balaban J connectivity index is 0.000000210. The summed E-state index contributed by atoms with van der Waals surface area (Å²) in [5.74, 6) is -4.03. The smallest absolute Gasteiger partial charge is 0.490 e. The fourth-order valence-electron chi connectivity index (χ4n) is 6.07. The van der Waals surface area contributed by atoms with E-state index in [1.807, 2.05) is 46.8 Å². The number of alkyl halides is 6. The van der Waals surface area contributed by atoms with E-state index in [9.17, 15) is 39.6 Å². The van der Waals surface area contributed by atoms with Crippen molar-refractivity contribution in [3.63, 3.8) is 0 Å². The average molecular weight is 943 g/mol. The van der Waals surface area contributed by atoms with E-state index in [2.05, 4.69) is 15.3 Å². The molecule has 2 aromatic carbocycles. The van der Waals surface area contributed by atoms with Crippen LogP contribution in [0.15, 0.2) is 66.1 Å². The van der Waals surface area contributed by atoms with Crippen molar-refractivity contribution in [1.29, 1.82) is 0 Å². The van der Waals surface area contributed by atoms with Crippen LogP contribution in [0, 0.1) is 0 Å². The maximum atomic E-state index is 13.0. The summed E-state index contributed by atoms with van der Waals surface area (Å²) < 4.78 is 108. The Morgan fingerprint density at radius 2 is 1.45 bits per heavy atom. The summed E-state index contributed by atoms with van der Waals surface area (Å²) in [6.45, 7) is 11.7. The molecule has 2 aliphatic heterocycles. The number of carbonyl (C=O) groups is 3. The van der Waals surface area contributed by atoms with Crippen LogP contribution in [0.25, 0.3) is 21.8 Å². The van der Waals surface area contributed by atoms with Crippen LogP contribution in [0.4, 0.5) is 31.1 Å². The number of aromatic nitrogens is 3. The highest BCUT2D eigenvalue weighted by Gasteiger charge is 2.39. The zero-order valence-electron chi connectivity index (χ0n) is 33.2. The van der Waals surface area contributed by atoms with Crippen LogP contribution < -0.4 is 14.8 Å². The minimum Gasteiger partial charge on any atom is -0.492 e. The predicted octanol–water partition coefficient (Wildman–Crippen LogP) is 8.75. The Bertz CT molecular complexity index is 2500. The standard InChI is InChI=1S/C17H16ClN3O3S.C17H21ClN2O3.2C2HF3O2/c1-11-16-15(24-8-7-20-11)5-4-14-17(16)13(18)10-21(14)25(22,23)12-3-2-6-19-9-12;1-10-14-13(6-5-12-15(14)11(18)9-19-12)22-8-7-20(10)16(21)23-17(2,3)4;2*3-2(4,5)1(6)7/h2-6,9-11,20H,7-8H2,1H3;5-6,9-10,19H,7-8H2,1-4H3;2*(H,6,7). The van der Waals surface area contributed by atoms with Gasteiger partial charge in [-0.2, -0.15) is 26.3 Å². The number of nitrogens with one attached hydrogen (secondary N) is 2. The summed E-state index contributed by atoms with van der Waals surface area (Å²) in [7, 11) is -3.79. The summed E-state index contributed by atoms with van der Waals surface area (Å²) in [6, 6.07) is 10.3. The van der Waals surface area contributed by atoms with Gasteiger partial charge in [-0.3, -0.25) is 9.88 Å². The highest BCUT2D eigenvalue weighted by Crippen LogP contribution is 2.42. The molecule has 1 amide bonds. The van der Waals surface area contributed by atoms with Crippen molar-refractivity contribution in [3.05, 3.63) is 82.4 Å². The number of carbonyl (C=O) groups excluding carboxylic acids is 1. The third kappa shape index (κ3) is 11.7. The quantitative estimate of drug-likeness (QED) is 0.123. The molecule has 0 aliphatic carbocycles. The lowest BCUT2D eigenvalue weighted by Crippen LogP contribution is -2.39. The van der Waals surface area contributed by atoms with E-state index in [0.29, 0.717) is 47.3 Å². The number of halogens is 8. The molecule has 62 heavy (non-hydrogen) atoms. The highest BCUT2D eigenvalue weighted by atomic mass is 35.5. The highest BCUT2D eigenvalue weighted by molar-refractivity contribution is 7.90. The summed E-state index contributed by atoms with van der Waals surface area (Å²) in [4.78, 5) is 39.2. The number of carboxylic acid groups (broad SMARTS) is 2. The van der Waals surface area contributed by atoms with Gasteiger partial charge in [0.2, 0.25) is 0 Å². The van der Waals surface area contributed by atoms with Crippen molar-refractivity contribution in [2.75, 3.05) is 26.3 Å². The molecule has 24 heteroatoms. The molecular formula is C38H39Cl2F6N5O10S. The van der Waals surface area contributed by atoms with Crippen LogP contribution in [0.5, 0.6) is 11.5 Å². The molecule has 0 saturated heterocycles. The monoisotopic (exact) mass is 941 g/mol. The fourth-order valence-corrected chi connectivity index (χ4v) is 8.01. The number of fused-ring (bicyclic) bond motifs is 6. The molecule has 0 bridgehead atoms. The molecule has 2 atom stereocenters. The Labute approximate surface area is 359 Å². The number of rotatable bonds is 2. The number of benzene rings is 2. The molecule has 15 nitrogen and oxygen atoms in total. The summed E-state index contributed by atoms with van der Waals surface area (Å²) in [5.41, 5.74) is 2.70. The molecule has 3 aromatic heterocycles. The largest absolute Gasteiger partial charge is 0.492 e. The van der Waals surface area contributed by atoms with Gasteiger partial charge in [0.05, 0.1) is 28.1 Å². The van der Waals surface area contributed by atoms with Gasteiger partial charge in [-0.1, -0.05) is 23.2 Å². The third-order valence-electron chi connectivity index (χ3n) is 8.71. The van der Waals surface area contributed by atoms with Gasteiger partial charge < -0.3 is 34.7 Å². The second-order valence-corrected chi connectivity index (χ2v) is 16.8. The lowest BCUT2D eigenvalue weighted by Gasteiger charge is -2.30. The van der Waals surface area contributed by atoms with Crippen LogP contribution in [-0.2, 0) is 24.3 Å². The zero-order chi connectivity index (χ0) is 46.5. The molecule has 338 valence electrons. The van der Waals surface area contributed by atoms with Gasteiger partial charge in [0.15, 0.2) is 0 Å². The second-order valence-electron chi connectivity index (χ2n) is 14.2. The molecule has 0 spiro atoms. The van der Waals surface area contributed by atoms with Gasteiger partial charge >= 0.3 is 30.4 Å². The number of ether oxygens (including phenoxy) is 3. The van der Waals surface area contributed by atoms with Gasteiger partial charge in [0, 0.05) is 64.8 Å². The molecule has 4 N–H and O–H groups in total. The molecule has 0 saturated carbocycles. The van der Waals surface area contributed by atoms with Gasteiger partial charge in [-0.25, -0.2) is 26.8 Å². The zero-order valence-corrected chi connectivity index (χ0v) is 35.5. The van der Waals surface area contributed by atoms with E-state index in [1.54, 1.807) is 29.3 Å². The SMILES string of the molecule is CC1NCCOc2ccc3c(c(Cl)cn3S(=O)(=O)c3cccnc3)c21.CC1c2c(ccc3[nH]cc(Cl)c23)OCCN1C(=O)OC(C)(C)C.O=C(O)C(F)(F)F.O=C(O)C(F)(F)F. The Morgan fingerprint density at radius 1 is 0.871 bits per heavy atom. The van der Waals surface area contributed by atoms with Crippen molar-refractivity contribution in [1.82, 2.24) is 24.2 Å². The van der Waals surface area contributed by atoms with E-state index < -0.39 is 39.9 Å². The van der Waals surface area contributed by atoms with Crippen LogP contribution in [0.3, 0.4) is 0 Å². The summed E-state index contributed by atoms with van der Waals surface area (Å²) >= 11 is 12.8. The molecule has 2 unspecified atom stereocenters. The van der Waals surface area contributed by atoms with Crippen LogP contribution >= 0.6 is 23.2 Å². The normalized spacial score (nSPS) is 16.5. The first-order valence-electron chi connectivity index (χ1n) is 18.0. The lowest BCUT2D eigenvalue weighted by atomic mass is 10.0. The topological polar surface area (TPSA) is 202 Å². The second kappa shape index (κ2) is 19.3. The third-order valence-corrected chi connectivity index (χ3v) is 11.0. The molecule has 0 radical (unpaired) electrons. The van der Waals surface area contributed by atoms with Crippen LogP contribution in [0.2, 0.25) is 10.0 Å². The number of hydrogen-bond donors (Lipinski definition) is 4. The number of hydrogen-bond acceptors (Lipinski definition) is 10. The Hall–Kier alpha value is -5.45. The average Bonchev–Trinajstić information content (AvgIpc) is 3.59. The molecule has 5 aromatic rings. The maximum Gasteiger partial charge on any atom is 0.490 e. The van der Waals surface area contributed by atoms with E-state index in [4.69, 9.17) is 57.2 Å². The molecular weight excluding hydrogens is 903 g/mol. The minimum absolute atomic E-state index is 0.00403. The summed E-state index contributed by atoms with van der Waals surface area (Å²) in [6.07, 6.45) is -4.46. The van der Waals surface area contributed by atoms with E-state index in [1.165, 1.54) is 28.6 Å². The number of nitrogens with zero attached hydrogens (tertiary/aromatic N) is 3. The van der Waals surface area contributed by atoms with Gasteiger partial charge in [0.25, 0.3) is 10.0 Å². The first kappa shape index (κ1) is 49.2. The first-order chi connectivity index (χ1) is 28.7. The van der Waals surface area contributed by atoms with Crippen molar-refractivity contribution in [2.45, 2.75) is 69.6 Å². The number of carboxylic acids is 2. The Kier molecular flexibility index (Phi) is 15.3. The molecule has 7 rings (SSSR count). The van der Waals surface area contributed by atoms with E-state index >= 15 is 0 Å². The first-order valence-corrected chi connectivity index (χ1v) is 20.2. The number of amides is 1. The predicted molar refractivity (Wildman–Crippen MR) is 213 cm³/mol. The lowest BCUT2D eigenvalue weighted by molar-refractivity contribution is -0.193. The molecule has 5 heterocycles. The Morgan fingerprint density at radius 3 is 2.02 bits per heavy atom. The molecule has 2 aliphatic rings. The number of aromatic amines is 1. The van der Waals surface area contributed by atoms with Crippen LogP contribution in [0.1, 0.15) is 57.8 Å². The maximum absolute atomic E-state index is 13.0. The molecule has 0 fully saturated rings. The number of H-pyrrole nitrogens is 1. The van der Waals surface area contributed by atoms with Gasteiger partial charge in [0.1, 0.15) is 35.2 Å². The van der Waals surface area contributed by atoms with Crippen molar-refractivity contribution >= 4 is 73.1 Å². The fraction of sp³-hybridized carbons (Fsp3) is 0.368. The number of aliphatic carboxylic acids is 2. The minimum atomic E-state index is -5.08. The van der Waals surface area contributed by atoms with E-state index in [0.717, 1.165) is 33.5 Å². The summed E-state index contributed by atoms with van der Waals surface area (Å²) in [5, 5.41) is 20.2. The van der Waals surface area contributed by atoms with Gasteiger partial charge in [-0.05, 0) is 71.0 Å². The van der Waals surface area contributed by atoms with Crippen LogP contribution in [-0.4, -0.2) is 99.8 Å².